The maximum absolute atomic E-state index is 16.7. The molecule has 8 heterocycles. The number of nitrogens with one attached hydrogen (secondary N) is 7. The first-order valence-corrected chi connectivity index (χ1v) is 46.6. The normalized spacial score (nSPS) is 27.0. The number of likely N-dealkylation sites (N-methyl/N-ethyl adjacent to an activating group) is 1. The number of aromatic hydroxyl groups is 3. The van der Waals surface area contributed by atoms with Crippen molar-refractivity contribution in [3.8, 4) is 68.2 Å². The lowest BCUT2D eigenvalue weighted by atomic mass is 9.84. The highest BCUT2D eigenvalue weighted by molar-refractivity contribution is 6.32. The number of halogens is 3. The third-order valence-corrected chi connectivity index (χ3v) is 26.1. The van der Waals surface area contributed by atoms with Crippen molar-refractivity contribution in [2.45, 2.75) is 220 Å². The van der Waals surface area contributed by atoms with E-state index in [1.54, 1.807) is 32.9 Å². The molecule has 0 unspecified atom stereocenters. The van der Waals surface area contributed by atoms with Crippen LogP contribution in [0, 0.1) is 5.92 Å². The van der Waals surface area contributed by atoms with Crippen molar-refractivity contribution >= 4 is 112 Å². The molecular formula is C96H108Cl3N11O35. The summed E-state index contributed by atoms with van der Waals surface area (Å²) in [5, 5.41) is 154. The van der Waals surface area contributed by atoms with Gasteiger partial charge in [0.15, 0.2) is 36.2 Å². The lowest BCUT2D eigenvalue weighted by Crippen LogP contribution is -2.65. The van der Waals surface area contributed by atoms with Crippen LogP contribution in [0.25, 0.3) is 22.3 Å². The first-order chi connectivity index (χ1) is 68.5. The minimum Gasteiger partial charge on any atom is -0.508 e. The van der Waals surface area contributed by atoms with Gasteiger partial charge in [-0.15, -0.1) is 0 Å². The predicted molar refractivity (Wildman–Crippen MR) is 502 cm³/mol. The van der Waals surface area contributed by atoms with E-state index < -0.39 is 352 Å². The summed E-state index contributed by atoms with van der Waals surface area (Å²) in [4.78, 5) is 187. The zero-order valence-corrected chi connectivity index (χ0v) is 80.7. The van der Waals surface area contributed by atoms with Crippen LogP contribution in [0.3, 0.4) is 0 Å². The number of aliphatic hydroxyl groups excluding tert-OH is 6. The van der Waals surface area contributed by atoms with E-state index in [2.05, 4.69) is 37.2 Å². The van der Waals surface area contributed by atoms with Gasteiger partial charge >= 0.3 is 30.0 Å². The zero-order valence-electron chi connectivity index (χ0n) is 78.5. The molecule has 9 amide bonds. The third-order valence-electron chi connectivity index (χ3n) is 25.3. The van der Waals surface area contributed by atoms with Crippen molar-refractivity contribution in [1.29, 1.82) is 0 Å². The Balaban J connectivity index is 0.965. The van der Waals surface area contributed by atoms with Gasteiger partial charge in [0.05, 0.1) is 53.9 Å². The number of rotatable bonds is 28. The van der Waals surface area contributed by atoms with Crippen molar-refractivity contribution in [3.05, 3.63) is 176 Å². The van der Waals surface area contributed by atoms with E-state index >= 15 is 28.8 Å². The molecule has 3 saturated heterocycles. The zero-order chi connectivity index (χ0) is 106. The number of carboxylic acids is 3. The van der Waals surface area contributed by atoms with Crippen LogP contribution in [0.5, 0.6) is 46.0 Å². The summed E-state index contributed by atoms with van der Waals surface area (Å²) in [5.74, 6) is -23.8. The molecular weight excluding hydrogens is 1970 g/mol. The number of primary amides is 1. The fraction of sp³-hybridized carbons (Fsp3) is 0.427. The number of fused-ring (bicyclic) bond motifs is 15. The van der Waals surface area contributed by atoms with Crippen LogP contribution in [0.1, 0.15) is 144 Å². The Hall–Kier alpha value is -13.4. The molecule has 3 fully saturated rings. The van der Waals surface area contributed by atoms with Crippen LogP contribution in [-0.4, -0.2) is 285 Å². The number of carboxylic acid groups (broad SMARTS) is 3. The Labute approximate surface area is 840 Å². The smallest absolute Gasteiger partial charge is 0.413 e. The minimum atomic E-state index is -2.53. The number of carbonyl (C=O) groups excluding carboxylic acids is 10. The van der Waals surface area contributed by atoms with Crippen LogP contribution in [0.4, 0.5) is 4.79 Å². The van der Waals surface area contributed by atoms with Crippen molar-refractivity contribution in [2.24, 2.45) is 17.4 Å². The largest absolute Gasteiger partial charge is 0.508 e. The van der Waals surface area contributed by atoms with Crippen LogP contribution in [0.2, 0.25) is 15.1 Å². The van der Waals surface area contributed by atoms with Gasteiger partial charge in [-0.1, -0.05) is 103 Å². The number of nitrogens with two attached hydrogens (primary N) is 2. The molecule has 778 valence electrons. The first kappa shape index (κ1) is 109. The molecule has 46 nitrogen and oxygen atoms in total. The van der Waals surface area contributed by atoms with E-state index in [4.69, 9.17) is 93.6 Å². The van der Waals surface area contributed by atoms with Gasteiger partial charge in [0, 0.05) is 71.7 Å². The highest BCUT2D eigenvalue weighted by Gasteiger charge is 2.54. The molecule has 0 radical (unpaired) electrons. The molecule has 0 saturated carbocycles. The topological polar surface area (TPSA) is 700 Å². The van der Waals surface area contributed by atoms with E-state index in [1.165, 1.54) is 26.8 Å². The summed E-state index contributed by atoms with van der Waals surface area (Å²) >= 11 is 20.9. The quantitative estimate of drug-likeness (QED) is 0.0246. The van der Waals surface area contributed by atoms with E-state index in [9.17, 15) is 94.8 Å². The van der Waals surface area contributed by atoms with Gasteiger partial charge in [-0.2, -0.15) is 0 Å². The van der Waals surface area contributed by atoms with Crippen molar-refractivity contribution < 1.29 is 171 Å². The molecule has 145 heavy (non-hydrogen) atoms. The average molecular weight is 2080 g/mol. The molecule has 8 aliphatic heterocycles. The molecule has 22 atom stereocenters. The van der Waals surface area contributed by atoms with E-state index in [-0.39, 0.29) is 30.5 Å². The Morgan fingerprint density at radius 2 is 1.20 bits per heavy atom. The summed E-state index contributed by atoms with van der Waals surface area (Å²) < 4.78 is 63.1. The first-order valence-electron chi connectivity index (χ1n) is 45.4. The van der Waals surface area contributed by atoms with Crippen molar-refractivity contribution in [3.63, 3.8) is 0 Å². The molecule has 23 N–H and O–H groups in total. The van der Waals surface area contributed by atoms with Crippen LogP contribution in [-0.2, 0) is 97.2 Å². The maximum atomic E-state index is 16.7. The third kappa shape index (κ3) is 25.6. The number of phenols is 3. The number of phenolic OH excluding ortho intramolecular Hbond substituents is 3. The SMILES string of the molecule is CC(C)C[C@H](C(=O)N[C@H]1C(=O)N[C@@H](CC(N)=O)C(=O)N[C@H]2C(=O)N[C@H]3C(=O)N[C@H](C(=O)N[C@H](C(=O)O)c4cc(O)cc(O)c4-c4cc3ccc4O)[C@H](O[C@H]3C[C@](C)(N)[C@@H](O)[C@H](C)O3)c3ccc(c(Cl)c3)Oc3cc2cc(c3O[C@@H]2O[C@H](CO)[C@@H](O)[C@H](O)[C@H]2O[C@H]2C[C@](C)(NCc3ccc(-c4ccc(Cl)cc4)cc3)[C@@H](O)[C@H](C)O2)Oc2ccc(cc2Cl)[C@H]1O)N(C)C(=O)OCOC(=O)CCC(=O)N(CC(=O)O)CC(=O)O. The molecule has 15 rings (SSSR count). The van der Waals surface area contributed by atoms with Gasteiger partial charge in [-0.05, 0) is 146 Å². The fourth-order valence-electron chi connectivity index (χ4n) is 17.6. The lowest BCUT2D eigenvalue weighted by molar-refractivity contribution is -0.334. The fourth-order valence-corrected chi connectivity index (χ4v) is 18.2. The van der Waals surface area contributed by atoms with Crippen LogP contribution in [0.15, 0.2) is 127 Å². The number of carbonyl (C=O) groups is 13. The number of hydrogen-bond donors (Lipinski definition) is 21. The van der Waals surface area contributed by atoms with Gasteiger partial charge in [0.25, 0.3) is 0 Å². The Kier molecular flexibility index (Phi) is 34.5. The van der Waals surface area contributed by atoms with Crippen molar-refractivity contribution in [1.82, 2.24) is 47.0 Å². The molecule has 0 aromatic heterocycles. The standard InChI is InChI=1S/C96H108Cl3N11O35/c1-40(2)24-57(109(7)94(135)137-39-136-69(121)23-22-66(116)110(36-67(117)118)37-68(119)120)87(128)107-76-78(122)47-15-20-60(54(98)26-47)140-62-28-49-29-63(82(62)145-93-83(80(124)79(123)64(38-111)142-93)144-71-34-96(6,85(126)42(4)139-71)102-35-43-8-10-44(11-9-43)45-12-17-50(97)18-13-45)141-61-21-16-48(27-55(61)99)81(143-70-33-95(5,101)84(125)41(3)138-70)77-91(132)106-75(92(133)134)53-30-51(112)31-59(114)72(53)52-25-46(14-19-58(52)113)73(88(129)108-77)105-89(130)74(49)104-86(127)56(32-65(100)115)103-90(76)131/h8-21,25-31,40-42,56-57,64,70-71,73-81,83-85,93,102,111-114,122-126H,22-24,32-39,101H2,1-7H3,(H2,100,115)(H,103,131)(H,104,127)(H,105,130)(H,106,132)(H,107,128)(H,108,129)(H,117,118)(H,119,120)(H,133,134)/t41-,42-,56-,57+,64+,70-,71-,73+,74+,75-,76+,77-,78+,79+,80-,81+,83+,84-,85-,93-,95-,96-/m0/s1. The molecule has 8 aliphatic rings. The number of nitrogens with zero attached hydrogens (tertiary/aromatic N) is 2. The minimum absolute atomic E-state index is 0.147. The van der Waals surface area contributed by atoms with E-state index in [1.807, 2.05) is 36.4 Å². The molecule has 11 bridgehead atoms. The molecule has 7 aromatic carbocycles. The second-order valence-corrected chi connectivity index (χ2v) is 37.8. The molecule has 49 heteroatoms. The van der Waals surface area contributed by atoms with E-state index in [0.29, 0.717) is 14.8 Å². The lowest BCUT2D eigenvalue weighted by Gasteiger charge is -2.48. The van der Waals surface area contributed by atoms with Crippen LogP contribution >= 0.6 is 34.8 Å². The summed E-state index contributed by atoms with van der Waals surface area (Å²) in [6, 6.07) is 11.7. The number of aliphatic hydroxyl groups is 6. The number of amides is 9. The van der Waals surface area contributed by atoms with Gasteiger partial charge in [0.1, 0.15) is 109 Å². The summed E-state index contributed by atoms with van der Waals surface area (Å²) in [6.07, 6.45) is -27.7. The summed E-state index contributed by atoms with van der Waals surface area (Å²) in [7, 11) is 1.03. The number of esters is 1. The molecule has 7 aromatic rings. The summed E-state index contributed by atoms with van der Waals surface area (Å²) in [6.45, 7) is 5.11. The Bertz CT molecular complexity index is 6070. The molecule has 0 aliphatic carbocycles. The Morgan fingerprint density at radius 1 is 0.614 bits per heavy atom. The van der Waals surface area contributed by atoms with Gasteiger partial charge in [-0.25, -0.2) is 9.59 Å². The number of hydrogen-bond acceptors (Lipinski definition) is 34. The van der Waals surface area contributed by atoms with Gasteiger partial charge < -0.3 is 162 Å². The highest BCUT2D eigenvalue weighted by atomic mass is 35.5. The molecule has 0 spiro atoms. The van der Waals surface area contributed by atoms with Crippen LogP contribution < -0.4 is 62.9 Å². The maximum Gasteiger partial charge on any atom is 0.413 e. The number of benzene rings is 7. The Morgan fingerprint density at radius 3 is 1.80 bits per heavy atom. The predicted octanol–water partition coefficient (Wildman–Crippen LogP) is 3.62. The second-order valence-electron chi connectivity index (χ2n) is 36.6. The highest BCUT2D eigenvalue weighted by Crippen LogP contribution is 2.51. The van der Waals surface area contributed by atoms with Gasteiger partial charge in [-0.3, -0.25) is 57.6 Å². The average Bonchev–Trinajstić information content (AvgIpc) is 0.756. The number of aliphatic carboxylic acids is 3. The monoisotopic (exact) mass is 2080 g/mol. The van der Waals surface area contributed by atoms with Gasteiger partial charge in [0.2, 0.25) is 66.1 Å². The summed E-state index contributed by atoms with van der Waals surface area (Å²) in [5.41, 5.74) is 8.84. The second kappa shape index (κ2) is 45.9. The van der Waals surface area contributed by atoms with Crippen molar-refractivity contribution in [2.75, 3.05) is 33.5 Å². The number of ether oxygens (including phenoxy) is 10. The van der Waals surface area contributed by atoms with E-state index in [0.717, 1.165) is 96.5 Å².